The van der Waals surface area contributed by atoms with Gasteiger partial charge < -0.3 is 9.29 Å². The van der Waals surface area contributed by atoms with E-state index in [1.807, 2.05) is 20.8 Å². The average molecular weight is 317 g/mol. The molecular formula is C15H21F2NO2S. The van der Waals surface area contributed by atoms with E-state index in [9.17, 15) is 13.3 Å². The smallest absolute Gasteiger partial charge is 0.387 e. The number of nitrogens with one attached hydrogen (secondary N) is 1. The molecule has 2 atom stereocenters. The highest BCUT2D eigenvalue weighted by atomic mass is 32.2. The van der Waals surface area contributed by atoms with Crippen molar-refractivity contribution >= 4 is 11.4 Å². The van der Waals surface area contributed by atoms with Gasteiger partial charge in [-0.2, -0.15) is 8.78 Å². The third kappa shape index (κ3) is 6.03. The summed E-state index contributed by atoms with van der Waals surface area (Å²) in [6.45, 7) is 6.39. The second-order valence-corrected chi connectivity index (χ2v) is 7.52. The molecule has 3 nitrogen and oxygen atoms in total. The Morgan fingerprint density at radius 1 is 1.43 bits per heavy atom. The molecule has 118 valence electrons. The first-order chi connectivity index (χ1) is 9.74. The second-order valence-electron chi connectivity index (χ2n) is 5.53. The number of alkyl halides is 2. The quantitative estimate of drug-likeness (QED) is 0.611. The molecule has 0 aromatic heterocycles. The lowest BCUT2D eigenvalue weighted by Gasteiger charge is -2.27. The fraction of sp³-hybridized carbons (Fsp3) is 0.467. The van der Waals surface area contributed by atoms with Crippen LogP contribution in [0.4, 0.5) is 8.78 Å². The zero-order valence-electron chi connectivity index (χ0n) is 12.4. The van der Waals surface area contributed by atoms with Gasteiger partial charge in [-0.05, 0) is 44.9 Å². The van der Waals surface area contributed by atoms with Crippen LogP contribution >= 0.6 is 0 Å². The molecule has 0 saturated carbocycles. The maximum absolute atomic E-state index is 12.3. The van der Waals surface area contributed by atoms with Gasteiger partial charge in [0, 0.05) is 11.4 Å². The Bertz CT molecular complexity index is 463. The molecule has 0 bridgehead atoms. The second kappa shape index (κ2) is 7.77. The highest BCUT2D eigenvalue weighted by molar-refractivity contribution is 7.90. The van der Waals surface area contributed by atoms with Crippen molar-refractivity contribution in [3.8, 4) is 5.75 Å². The Hall–Kier alpha value is -1.11. The predicted octanol–water partition coefficient (Wildman–Crippen LogP) is 3.96. The van der Waals surface area contributed by atoms with Gasteiger partial charge in [-0.25, -0.2) is 0 Å². The molecule has 1 N–H and O–H groups in total. The van der Waals surface area contributed by atoms with Crippen LogP contribution in [0.1, 0.15) is 38.8 Å². The number of benzene rings is 1. The third-order valence-corrected chi connectivity index (χ3v) is 4.30. The Morgan fingerprint density at radius 2 is 2.10 bits per heavy atom. The molecule has 0 spiro atoms. The summed E-state index contributed by atoms with van der Waals surface area (Å²) in [6.07, 6.45) is 2.22. The molecule has 21 heavy (non-hydrogen) atoms. The van der Waals surface area contributed by atoms with Crippen LogP contribution in [0, 0.1) is 0 Å². The minimum absolute atomic E-state index is 0.0832. The Labute approximate surface area is 127 Å². The molecule has 1 unspecified atom stereocenters. The first kappa shape index (κ1) is 17.9. The number of ether oxygens (including phenoxy) is 1. The Kier molecular flexibility index (Phi) is 6.64. The number of halogens is 2. The standard InChI is InChI=1S/C15H21F2NO2S/c1-5-7-13(18-21(19)15(2,3)4)11-8-6-9-12(10-11)20-14(16)17/h5-6,8-10,13-14,18H,1,7H2,2-4H3/t13?,21-/m1/s1. The summed E-state index contributed by atoms with van der Waals surface area (Å²) in [5.74, 6) is 0.0832. The number of rotatable bonds is 7. The van der Waals surface area contributed by atoms with Gasteiger partial charge in [-0.1, -0.05) is 18.2 Å². The minimum atomic E-state index is -2.87. The van der Waals surface area contributed by atoms with Crippen LogP contribution in [0.3, 0.4) is 0 Å². The highest BCUT2D eigenvalue weighted by Crippen LogP contribution is 2.26. The van der Waals surface area contributed by atoms with Crippen molar-refractivity contribution in [1.29, 1.82) is 0 Å². The molecule has 0 fully saturated rings. The van der Waals surface area contributed by atoms with Crippen LogP contribution in [0.5, 0.6) is 5.75 Å². The van der Waals surface area contributed by atoms with Gasteiger partial charge in [0.25, 0.3) is 0 Å². The maximum atomic E-state index is 12.3. The summed E-state index contributed by atoms with van der Waals surface area (Å²) in [7, 11) is 0. The summed E-state index contributed by atoms with van der Waals surface area (Å²) >= 11 is -1.27. The van der Waals surface area contributed by atoms with E-state index >= 15 is 0 Å². The third-order valence-electron chi connectivity index (χ3n) is 2.69. The van der Waals surface area contributed by atoms with E-state index in [4.69, 9.17) is 0 Å². The van der Waals surface area contributed by atoms with Crippen molar-refractivity contribution in [1.82, 2.24) is 4.72 Å². The molecule has 0 aliphatic carbocycles. The molecule has 0 aliphatic heterocycles. The van der Waals surface area contributed by atoms with Crippen molar-refractivity contribution in [2.45, 2.75) is 44.6 Å². The van der Waals surface area contributed by atoms with E-state index < -0.39 is 22.7 Å². The molecular weight excluding hydrogens is 296 g/mol. The number of hydrogen-bond acceptors (Lipinski definition) is 3. The summed E-state index contributed by atoms with van der Waals surface area (Å²) in [6, 6.07) is 6.11. The van der Waals surface area contributed by atoms with Crippen LogP contribution in [0.25, 0.3) is 0 Å². The fourth-order valence-electron chi connectivity index (χ4n) is 1.63. The summed E-state index contributed by atoms with van der Waals surface area (Å²) in [5, 5.41) is 0. The summed E-state index contributed by atoms with van der Waals surface area (Å²) in [5.41, 5.74) is 0.727. The van der Waals surface area contributed by atoms with E-state index in [2.05, 4.69) is 16.0 Å². The van der Waals surface area contributed by atoms with Gasteiger partial charge in [0.05, 0.1) is 6.04 Å². The van der Waals surface area contributed by atoms with E-state index in [0.717, 1.165) is 5.56 Å². The van der Waals surface area contributed by atoms with Gasteiger partial charge in [0.15, 0.2) is 0 Å². The van der Waals surface area contributed by atoms with Crippen LogP contribution in [-0.4, -0.2) is 15.9 Å². The van der Waals surface area contributed by atoms with E-state index in [0.29, 0.717) is 6.42 Å². The molecule has 1 rings (SSSR count). The zero-order chi connectivity index (χ0) is 16.0. The topological polar surface area (TPSA) is 44.3 Å². The summed E-state index contributed by atoms with van der Waals surface area (Å²) < 4.78 is 43.7. The molecule has 0 heterocycles. The van der Waals surface area contributed by atoms with Gasteiger partial charge in [-0.15, -0.1) is 11.3 Å². The molecule has 0 aliphatic rings. The SMILES string of the molecule is C=CCC(N[S@+]([O-])C(C)(C)C)c1cccc(OC(F)F)c1. The van der Waals surface area contributed by atoms with E-state index in [-0.39, 0.29) is 11.8 Å². The van der Waals surface area contributed by atoms with Crippen LogP contribution < -0.4 is 9.46 Å². The normalized spacial score (nSPS) is 14.8. The molecule has 0 radical (unpaired) electrons. The maximum Gasteiger partial charge on any atom is 0.387 e. The van der Waals surface area contributed by atoms with Crippen LogP contribution in [-0.2, 0) is 11.4 Å². The minimum Gasteiger partial charge on any atom is -0.598 e. The molecule has 1 aromatic carbocycles. The molecule has 1 aromatic rings. The van der Waals surface area contributed by atoms with Gasteiger partial charge in [0.2, 0.25) is 0 Å². The summed E-state index contributed by atoms with van der Waals surface area (Å²) in [4.78, 5) is 0. The van der Waals surface area contributed by atoms with Crippen molar-refractivity contribution in [3.05, 3.63) is 42.5 Å². The Morgan fingerprint density at radius 3 is 2.62 bits per heavy atom. The molecule has 0 amide bonds. The monoisotopic (exact) mass is 317 g/mol. The van der Waals surface area contributed by atoms with Crippen molar-refractivity contribution in [2.24, 2.45) is 0 Å². The van der Waals surface area contributed by atoms with E-state index in [1.165, 1.54) is 12.1 Å². The average Bonchev–Trinajstić information content (AvgIpc) is 2.36. The van der Waals surface area contributed by atoms with E-state index in [1.54, 1.807) is 18.2 Å². The Balaban J connectivity index is 2.92. The van der Waals surface area contributed by atoms with Crippen molar-refractivity contribution in [3.63, 3.8) is 0 Å². The lowest BCUT2D eigenvalue weighted by molar-refractivity contribution is -0.0499. The van der Waals surface area contributed by atoms with Crippen molar-refractivity contribution < 1.29 is 18.1 Å². The van der Waals surface area contributed by atoms with Crippen LogP contribution in [0.2, 0.25) is 0 Å². The van der Waals surface area contributed by atoms with Crippen LogP contribution in [0.15, 0.2) is 36.9 Å². The fourth-order valence-corrected chi connectivity index (χ4v) is 2.48. The predicted molar refractivity (Wildman–Crippen MR) is 81.7 cm³/mol. The van der Waals surface area contributed by atoms with Gasteiger partial charge in [-0.3, -0.25) is 0 Å². The molecule has 6 heteroatoms. The lowest BCUT2D eigenvalue weighted by Crippen LogP contribution is -2.41. The van der Waals surface area contributed by atoms with Crippen molar-refractivity contribution in [2.75, 3.05) is 0 Å². The first-order valence-corrected chi connectivity index (χ1v) is 7.72. The van der Waals surface area contributed by atoms with Gasteiger partial charge >= 0.3 is 6.61 Å². The van der Waals surface area contributed by atoms with Gasteiger partial charge in [0.1, 0.15) is 10.5 Å². The largest absolute Gasteiger partial charge is 0.598 e. The lowest BCUT2D eigenvalue weighted by atomic mass is 10.0. The first-order valence-electron chi connectivity index (χ1n) is 6.57. The molecule has 0 saturated heterocycles. The zero-order valence-corrected chi connectivity index (χ0v) is 13.3. The number of hydrogen-bond donors (Lipinski definition) is 1. The highest BCUT2D eigenvalue weighted by Gasteiger charge is 2.29.